The zero-order valence-corrected chi connectivity index (χ0v) is 12.7. The molecule has 1 aromatic carbocycles. The van der Waals surface area contributed by atoms with E-state index in [1.165, 1.54) is 0 Å². The third kappa shape index (κ3) is 3.92. The smallest absolute Gasteiger partial charge is 0.236 e. The molecule has 1 amide bonds. The Kier molecular flexibility index (Phi) is 5.11. The van der Waals surface area contributed by atoms with Crippen LogP contribution in [0.5, 0.6) is 0 Å². The number of aromatic nitrogens is 2. The van der Waals surface area contributed by atoms with E-state index < -0.39 is 0 Å². The SMILES string of the molecule is CCNC(=O)C(C)NC(C)c1cnn(-c2ccccc2)c1. The molecule has 2 atom stereocenters. The number of nitrogens with one attached hydrogen (secondary N) is 2. The van der Waals surface area contributed by atoms with Crippen LogP contribution in [0.1, 0.15) is 32.4 Å². The number of carbonyl (C=O) groups excluding carboxylic acids is 1. The molecule has 2 rings (SSSR count). The third-order valence-electron chi connectivity index (χ3n) is 3.37. The van der Waals surface area contributed by atoms with E-state index in [-0.39, 0.29) is 18.0 Å². The maximum atomic E-state index is 11.7. The average molecular weight is 286 g/mol. The maximum absolute atomic E-state index is 11.7. The Hall–Kier alpha value is -2.14. The van der Waals surface area contributed by atoms with Crippen molar-refractivity contribution in [2.24, 2.45) is 0 Å². The molecule has 2 unspecified atom stereocenters. The second-order valence-electron chi connectivity index (χ2n) is 5.06. The summed E-state index contributed by atoms with van der Waals surface area (Å²) in [5.41, 5.74) is 2.07. The number of nitrogens with zero attached hydrogens (tertiary/aromatic N) is 2. The van der Waals surface area contributed by atoms with Gasteiger partial charge in [-0.1, -0.05) is 18.2 Å². The normalized spacial score (nSPS) is 13.7. The van der Waals surface area contributed by atoms with Gasteiger partial charge < -0.3 is 5.32 Å². The number of para-hydroxylation sites is 1. The van der Waals surface area contributed by atoms with E-state index in [9.17, 15) is 4.79 Å². The highest BCUT2D eigenvalue weighted by Gasteiger charge is 2.16. The highest BCUT2D eigenvalue weighted by molar-refractivity contribution is 5.81. The fraction of sp³-hybridized carbons (Fsp3) is 0.375. The van der Waals surface area contributed by atoms with E-state index in [0.717, 1.165) is 11.3 Å². The molecule has 0 radical (unpaired) electrons. The quantitative estimate of drug-likeness (QED) is 0.854. The monoisotopic (exact) mass is 286 g/mol. The summed E-state index contributed by atoms with van der Waals surface area (Å²) in [5, 5.41) is 10.5. The first kappa shape index (κ1) is 15.3. The van der Waals surface area contributed by atoms with Crippen LogP contribution in [0.2, 0.25) is 0 Å². The second kappa shape index (κ2) is 7.04. The van der Waals surface area contributed by atoms with Crippen LogP contribution in [0.3, 0.4) is 0 Å². The summed E-state index contributed by atoms with van der Waals surface area (Å²) in [4.78, 5) is 11.7. The molecule has 0 aliphatic heterocycles. The number of carbonyl (C=O) groups is 1. The number of likely N-dealkylation sites (N-methyl/N-ethyl adjacent to an activating group) is 1. The Labute approximate surface area is 125 Å². The molecule has 5 nitrogen and oxygen atoms in total. The van der Waals surface area contributed by atoms with Gasteiger partial charge in [-0.2, -0.15) is 5.10 Å². The predicted molar refractivity (Wildman–Crippen MR) is 83.3 cm³/mol. The maximum Gasteiger partial charge on any atom is 0.236 e. The van der Waals surface area contributed by atoms with E-state index in [4.69, 9.17) is 0 Å². The summed E-state index contributed by atoms with van der Waals surface area (Å²) in [7, 11) is 0. The Morgan fingerprint density at radius 3 is 2.67 bits per heavy atom. The zero-order valence-electron chi connectivity index (χ0n) is 12.7. The number of hydrogen-bond donors (Lipinski definition) is 2. The number of benzene rings is 1. The van der Waals surface area contributed by atoms with Crippen LogP contribution in [0, 0.1) is 0 Å². The van der Waals surface area contributed by atoms with E-state index >= 15 is 0 Å². The molecule has 2 N–H and O–H groups in total. The molecular weight excluding hydrogens is 264 g/mol. The fourth-order valence-electron chi connectivity index (χ4n) is 2.16. The standard InChI is InChI=1S/C16H22N4O/c1-4-17-16(21)13(3)19-12(2)14-10-18-20(11-14)15-8-6-5-7-9-15/h5-13,19H,4H2,1-3H3,(H,17,21). The van der Waals surface area contributed by atoms with Crippen molar-refractivity contribution < 1.29 is 4.79 Å². The highest BCUT2D eigenvalue weighted by Crippen LogP contribution is 2.14. The van der Waals surface area contributed by atoms with E-state index in [1.54, 1.807) is 0 Å². The first-order valence-corrected chi connectivity index (χ1v) is 7.25. The molecule has 112 valence electrons. The van der Waals surface area contributed by atoms with E-state index in [0.29, 0.717) is 6.54 Å². The van der Waals surface area contributed by atoms with Gasteiger partial charge in [0.25, 0.3) is 0 Å². The number of rotatable bonds is 6. The van der Waals surface area contributed by atoms with Crippen molar-refractivity contribution in [1.82, 2.24) is 20.4 Å². The lowest BCUT2D eigenvalue weighted by atomic mass is 10.1. The van der Waals surface area contributed by atoms with Crippen molar-refractivity contribution in [3.8, 4) is 5.69 Å². The van der Waals surface area contributed by atoms with Gasteiger partial charge in [0.1, 0.15) is 0 Å². The van der Waals surface area contributed by atoms with Gasteiger partial charge in [0.2, 0.25) is 5.91 Å². The Morgan fingerprint density at radius 1 is 1.29 bits per heavy atom. The molecule has 5 heteroatoms. The van der Waals surface area contributed by atoms with Gasteiger partial charge in [-0.15, -0.1) is 0 Å². The van der Waals surface area contributed by atoms with Gasteiger partial charge in [-0.3, -0.25) is 10.1 Å². The minimum absolute atomic E-state index is 0.0137. The number of amides is 1. The van der Waals surface area contributed by atoms with Gasteiger partial charge in [0.15, 0.2) is 0 Å². The topological polar surface area (TPSA) is 59.0 Å². The van der Waals surface area contributed by atoms with Gasteiger partial charge >= 0.3 is 0 Å². The summed E-state index contributed by atoms with van der Waals surface area (Å²) < 4.78 is 1.84. The second-order valence-corrected chi connectivity index (χ2v) is 5.06. The summed E-state index contributed by atoms with van der Waals surface area (Å²) in [6.07, 6.45) is 3.81. The van der Waals surface area contributed by atoms with Crippen molar-refractivity contribution in [3.63, 3.8) is 0 Å². The molecule has 0 fully saturated rings. The Balaban J connectivity index is 2.02. The summed E-state index contributed by atoms with van der Waals surface area (Å²) in [5.74, 6) is 0.0137. The van der Waals surface area contributed by atoms with Gasteiger partial charge in [-0.05, 0) is 32.9 Å². The van der Waals surface area contributed by atoms with E-state index in [2.05, 4.69) is 15.7 Å². The first-order valence-electron chi connectivity index (χ1n) is 7.25. The van der Waals surface area contributed by atoms with Crippen LogP contribution in [-0.4, -0.2) is 28.3 Å². The van der Waals surface area contributed by atoms with E-state index in [1.807, 2.05) is 68.2 Å². The largest absolute Gasteiger partial charge is 0.355 e. The zero-order chi connectivity index (χ0) is 15.2. The minimum atomic E-state index is -0.236. The number of hydrogen-bond acceptors (Lipinski definition) is 3. The van der Waals surface area contributed by atoms with Crippen LogP contribution in [0.4, 0.5) is 0 Å². The average Bonchev–Trinajstić information content (AvgIpc) is 2.98. The molecule has 1 heterocycles. The van der Waals surface area contributed by atoms with Crippen molar-refractivity contribution in [2.75, 3.05) is 6.54 Å². The third-order valence-corrected chi connectivity index (χ3v) is 3.37. The molecule has 2 aromatic rings. The molecule has 0 bridgehead atoms. The van der Waals surface area contributed by atoms with Crippen molar-refractivity contribution in [3.05, 3.63) is 48.3 Å². The van der Waals surface area contributed by atoms with Crippen LogP contribution in [0.15, 0.2) is 42.7 Å². The van der Waals surface area contributed by atoms with Crippen molar-refractivity contribution >= 4 is 5.91 Å². The van der Waals surface area contributed by atoms with Crippen LogP contribution < -0.4 is 10.6 Å². The van der Waals surface area contributed by atoms with Crippen molar-refractivity contribution in [2.45, 2.75) is 32.9 Å². The Morgan fingerprint density at radius 2 is 2.00 bits per heavy atom. The molecule has 0 aliphatic carbocycles. The lowest BCUT2D eigenvalue weighted by molar-refractivity contribution is -0.122. The predicted octanol–water partition coefficient (Wildman–Crippen LogP) is 2.05. The van der Waals surface area contributed by atoms with Gasteiger partial charge in [0, 0.05) is 24.3 Å². The lowest BCUT2D eigenvalue weighted by Gasteiger charge is -2.18. The highest BCUT2D eigenvalue weighted by atomic mass is 16.2. The Bertz CT molecular complexity index is 579. The van der Waals surface area contributed by atoms with Gasteiger partial charge in [-0.25, -0.2) is 4.68 Å². The van der Waals surface area contributed by atoms with Crippen molar-refractivity contribution in [1.29, 1.82) is 0 Å². The van der Waals surface area contributed by atoms with Crippen LogP contribution >= 0.6 is 0 Å². The molecule has 0 saturated heterocycles. The fourth-order valence-corrected chi connectivity index (χ4v) is 2.16. The van der Waals surface area contributed by atoms with Gasteiger partial charge in [0.05, 0.1) is 17.9 Å². The molecule has 21 heavy (non-hydrogen) atoms. The first-order chi connectivity index (χ1) is 10.1. The molecule has 1 aromatic heterocycles. The summed E-state index contributed by atoms with van der Waals surface area (Å²) >= 11 is 0. The van der Waals surface area contributed by atoms with Crippen LogP contribution in [-0.2, 0) is 4.79 Å². The van der Waals surface area contributed by atoms with Crippen LogP contribution in [0.25, 0.3) is 5.69 Å². The lowest BCUT2D eigenvalue weighted by Crippen LogP contribution is -2.42. The summed E-state index contributed by atoms with van der Waals surface area (Å²) in [6, 6.07) is 9.77. The minimum Gasteiger partial charge on any atom is -0.355 e. The molecule has 0 spiro atoms. The molecular formula is C16H22N4O. The summed E-state index contributed by atoms with van der Waals surface area (Å²) in [6.45, 7) is 6.45. The molecule has 0 aliphatic rings. The molecule has 0 saturated carbocycles.